The quantitative estimate of drug-likeness (QED) is 0.548. The van der Waals surface area contributed by atoms with Crippen molar-refractivity contribution in [1.29, 1.82) is 0 Å². The van der Waals surface area contributed by atoms with E-state index in [1.807, 2.05) is 6.07 Å². The van der Waals surface area contributed by atoms with Crippen molar-refractivity contribution in [2.24, 2.45) is 0 Å². The van der Waals surface area contributed by atoms with Crippen LogP contribution >= 0.6 is 0 Å². The van der Waals surface area contributed by atoms with Gasteiger partial charge in [-0.3, -0.25) is 9.69 Å². The molecule has 8 nitrogen and oxygen atoms in total. The van der Waals surface area contributed by atoms with Crippen molar-refractivity contribution in [1.82, 2.24) is 10.2 Å². The molecule has 130 valence electrons. The maximum absolute atomic E-state index is 12.0. The zero-order valence-corrected chi connectivity index (χ0v) is 13.5. The number of hydrogen-bond donors (Lipinski definition) is 2. The highest BCUT2D eigenvalue weighted by molar-refractivity contribution is 6.06. The smallest absolute Gasteiger partial charge is 0.344 e. The van der Waals surface area contributed by atoms with E-state index in [0.717, 1.165) is 4.90 Å². The largest absolute Gasteiger partial charge is 0.482 e. The first-order chi connectivity index (χ1) is 11.3. The normalized spacial score (nSPS) is 17.4. The van der Waals surface area contributed by atoms with Gasteiger partial charge in [0.2, 0.25) is 0 Å². The van der Waals surface area contributed by atoms with Crippen LogP contribution in [-0.4, -0.2) is 59.3 Å². The minimum Gasteiger partial charge on any atom is -0.482 e. The molecule has 1 atom stereocenters. The fourth-order valence-corrected chi connectivity index (χ4v) is 2.14. The van der Waals surface area contributed by atoms with Crippen molar-refractivity contribution in [2.75, 3.05) is 19.8 Å². The van der Waals surface area contributed by atoms with Crippen molar-refractivity contribution in [2.45, 2.75) is 25.5 Å². The van der Waals surface area contributed by atoms with Crippen molar-refractivity contribution >= 4 is 17.9 Å². The number of aliphatic hydroxyl groups excluding tert-OH is 1. The molecular weight excluding hydrogens is 316 g/mol. The van der Waals surface area contributed by atoms with E-state index in [1.165, 1.54) is 0 Å². The molecule has 1 aliphatic rings. The maximum Gasteiger partial charge on any atom is 0.344 e. The Hall–Kier alpha value is -2.61. The Morgan fingerprint density at radius 1 is 1.29 bits per heavy atom. The van der Waals surface area contributed by atoms with Crippen LogP contribution in [0, 0.1) is 0 Å². The molecule has 8 heteroatoms. The Labute approximate surface area is 139 Å². The summed E-state index contributed by atoms with van der Waals surface area (Å²) >= 11 is 0. The maximum atomic E-state index is 12.0. The van der Waals surface area contributed by atoms with E-state index in [4.69, 9.17) is 9.47 Å². The number of nitrogens with zero attached hydrogens (tertiary/aromatic N) is 1. The number of imide groups is 1. The second-order valence-electron chi connectivity index (χ2n) is 5.91. The second-order valence-corrected chi connectivity index (χ2v) is 5.91. The zero-order chi connectivity index (χ0) is 17.7. The summed E-state index contributed by atoms with van der Waals surface area (Å²) in [6, 6.07) is 8.16. The average molecular weight is 336 g/mol. The van der Waals surface area contributed by atoms with Gasteiger partial charge in [0.05, 0.1) is 6.54 Å². The average Bonchev–Trinajstić information content (AvgIpc) is 2.74. The number of amides is 3. The third-order valence-electron chi connectivity index (χ3n) is 3.37. The minimum absolute atomic E-state index is 0.249. The summed E-state index contributed by atoms with van der Waals surface area (Å²) in [4.78, 5) is 36.1. The number of rotatable bonds is 7. The predicted molar refractivity (Wildman–Crippen MR) is 83.2 cm³/mol. The highest BCUT2D eigenvalue weighted by atomic mass is 16.6. The van der Waals surface area contributed by atoms with Crippen LogP contribution in [0.15, 0.2) is 30.3 Å². The summed E-state index contributed by atoms with van der Waals surface area (Å²) in [6.45, 7) is 2.25. The summed E-state index contributed by atoms with van der Waals surface area (Å²) in [5.41, 5.74) is -1.00. The molecule has 1 aromatic carbocycles. The SMILES string of the molecule is CC1(C)NC(=O)N(CC(O)COC(=O)COc2ccccc2)C1=O. The van der Waals surface area contributed by atoms with Gasteiger partial charge in [-0.2, -0.15) is 0 Å². The van der Waals surface area contributed by atoms with Gasteiger partial charge >= 0.3 is 12.0 Å². The summed E-state index contributed by atoms with van der Waals surface area (Å²) in [5, 5.41) is 12.4. The van der Waals surface area contributed by atoms with Crippen LogP contribution in [0.25, 0.3) is 0 Å². The van der Waals surface area contributed by atoms with Gasteiger partial charge in [-0.1, -0.05) is 18.2 Å². The topological polar surface area (TPSA) is 105 Å². The van der Waals surface area contributed by atoms with Gasteiger partial charge in [-0.15, -0.1) is 0 Å². The van der Waals surface area contributed by atoms with Crippen LogP contribution in [0.1, 0.15) is 13.8 Å². The van der Waals surface area contributed by atoms with Crippen LogP contribution in [-0.2, 0) is 14.3 Å². The number of esters is 1. The number of hydrogen-bond acceptors (Lipinski definition) is 6. The van der Waals surface area contributed by atoms with E-state index in [9.17, 15) is 19.5 Å². The molecule has 0 aromatic heterocycles. The molecule has 0 aliphatic carbocycles. The standard InChI is InChI=1S/C16H20N2O6/c1-16(2)14(21)18(15(22)17-16)8-11(19)9-24-13(20)10-23-12-6-4-3-5-7-12/h3-7,11,19H,8-10H2,1-2H3,(H,17,22). The summed E-state index contributed by atoms with van der Waals surface area (Å²) in [6.07, 6.45) is -1.17. The molecule has 1 fully saturated rings. The number of ether oxygens (including phenoxy) is 2. The van der Waals surface area contributed by atoms with Gasteiger partial charge in [0.25, 0.3) is 5.91 Å². The van der Waals surface area contributed by atoms with Crippen LogP contribution in [0.4, 0.5) is 4.79 Å². The number of para-hydroxylation sites is 1. The molecule has 1 saturated heterocycles. The summed E-state index contributed by atoms with van der Waals surface area (Å²) in [5.74, 6) is -0.572. The highest BCUT2D eigenvalue weighted by Gasteiger charge is 2.44. The van der Waals surface area contributed by atoms with E-state index < -0.39 is 29.6 Å². The molecule has 1 heterocycles. The fourth-order valence-electron chi connectivity index (χ4n) is 2.14. The molecule has 0 radical (unpaired) electrons. The first-order valence-corrected chi connectivity index (χ1v) is 7.45. The van der Waals surface area contributed by atoms with Gasteiger partial charge in [-0.25, -0.2) is 9.59 Å². The van der Waals surface area contributed by atoms with E-state index in [-0.39, 0.29) is 19.8 Å². The summed E-state index contributed by atoms with van der Waals surface area (Å²) < 4.78 is 10.1. The molecule has 1 aromatic rings. The predicted octanol–water partition coefficient (Wildman–Crippen LogP) is 0.300. The molecule has 2 rings (SSSR count). The van der Waals surface area contributed by atoms with Crippen LogP contribution in [0.5, 0.6) is 5.75 Å². The van der Waals surface area contributed by atoms with Gasteiger partial charge in [0, 0.05) is 0 Å². The first kappa shape index (κ1) is 17.7. The first-order valence-electron chi connectivity index (χ1n) is 7.45. The number of carbonyl (C=O) groups excluding carboxylic acids is 3. The molecule has 3 amide bonds. The third kappa shape index (κ3) is 4.45. The Morgan fingerprint density at radius 3 is 2.54 bits per heavy atom. The zero-order valence-electron chi connectivity index (χ0n) is 13.5. The minimum atomic E-state index is -1.17. The fraction of sp³-hybridized carbons (Fsp3) is 0.438. The highest BCUT2D eigenvalue weighted by Crippen LogP contribution is 2.16. The Balaban J connectivity index is 1.73. The van der Waals surface area contributed by atoms with Gasteiger partial charge < -0.3 is 19.9 Å². The number of benzene rings is 1. The second kappa shape index (κ2) is 7.31. The van der Waals surface area contributed by atoms with E-state index in [1.54, 1.807) is 38.1 Å². The Morgan fingerprint density at radius 2 is 1.96 bits per heavy atom. The van der Waals surface area contributed by atoms with Gasteiger partial charge in [0.1, 0.15) is 24.0 Å². The van der Waals surface area contributed by atoms with Crippen molar-refractivity contribution < 1.29 is 29.0 Å². The summed E-state index contributed by atoms with van der Waals surface area (Å²) in [7, 11) is 0. The molecular formula is C16H20N2O6. The lowest BCUT2D eigenvalue weighted by atomic mass is 10.1. The molecule has 0 bridgehead atoms. The molecule has 0 spiro atoms. The number of nitrogens with one attached hydrogen (secondary N) is 1. The van der Waals surface area contributed by atoms with Crippen LogP contribution < -0.4 is 10.1 Å². The van der Waals surface area contributed by atoms with Crippen molar-refractivity contribution in [3.05, 3.63) is 30.3 Å². The van der Waals surface area contributed by atoms with E-state index >= 15 is 0 Å². The lowest BCUT2D eigenvalue weighted by molar-refractivity contribution is -0.149. The van der Waals surface area contributed by atoms with Crippen LogP contribution in [0.2, 0.25) is 0 Å². The molecule has 24 heavy (non-hydrogen) atoms. The van der Waals surface area contributed by atoms with E-state index in [0.29, 0.717) is 5.75 Å². The Bertz CT molecular complexity index is 616. The molecule has 2 N–H and O–H groups in total. The van der Waals surface area contributed by atoms with Gasteiger partial charge in [0.15, 0.2) is 6.61 Å². The number of urea groups is 1. The van der Waals surface area contributed by atoms with Crippen molar-refractivity contribution in [3.8, 4) is 5.75 Å². The van der Waals surface area contributed by atoms with E-state index in [2.05, 4.69) is 5.32 Å². The lowest BCUT2D eigenvalue weighted by Gasteiger charge is -2.19. The number of β-amino-alcohol motifs (C(OH)–C–C–N with tert-alkyl or cyclic N) is 1. The van der Waals surface area contributed by atoms with Crippen molar-refractivity contribution in [3.63, 3.8) is 0 Å². The number of aliphatic hydroxyl groups is 1. The molecule has 1 aliphatic heterocycles. The number of carbonyl (C=O) groups is 3. The molecule has 1 unspecified atom stereocenters. The molecule has 0 saturated carbocycles. The monoisotopic (exact) mass is 336 g/mol. The Kier molecular flexibility index (Phi) is 5.40. The lowest BCUT2D eigenvalue weighted by Crippen LogP contribution is -2.42. The van der Waals surface area contributed by atoms with Gasteiger partial charge in [-0.05, 0) is 26.0 Å². The van der Waals surface area contributed by atoms with Crippen LogP contribution in [0.3, 0.4) is 0 Å². The third-order valence-corrected chi connectivity index (χ3v) is 3.37.